The van der Waals surface area contributed by atoms with Crippen molar-refractivity contribution in [3.63, 3.8) is 0 Å². The van der Waals surface area contributed by atoms with Crippen LogP contribution in [0.15, 0.2) is 67.0 Å². The van der Waals surface area contributed by atoms with Crippen molar-refractivity contribution in [1.82, 2.24) is 20.1 Å². The fraction of sp³-hybridized carbons (Fsp3) is 0.222. The Morgan fingerprint density at radius 3 is 2.56 bits per heavy atom. The summed E-state index contributed by atoms with van der Waals surface area (Å²) in [6.07, 6.45) is 3.42. The molecule has 4 aromatic rings. The van der Waals surface area contributed by atoms with Gasteiger partial charge in [0.15, 0.2) is 0 Å². The number of hydrogen-bond donors (Lipinski definition) is 1. The zero-order valence-electron chi connectivity index (χ0n) is 19.1. The lowest BCUT2D eigenvalue weighted by Crippen LogP contribution is -2.35. The number of aromatic nitrogens is 3. The molecule has 0 unspecified atom stereocenters. The summed E-state index contributed by atoms with van der Waals surface area (Å²) >= 11 is 6.75. The average molecular weight is 473 g/mol. The molecule has 7 heteroatoms. The molecule has 0 spiro atoms. The number of carbonyl (C=O) groups excluding carboxylic acids is 1. The maximum absolute atomic E-state index is 12.8. The fourth-order valence-corrected chi connectivity index (χ4v) is 4.40. The minimum atomic E-state index is -0.157. The van der Waals surface area contributed by atoms with Gasteiger partial charge in [0.25, 0.3) is 5.91 Å². The first-order valence-electron chi connectivity index (χ1n) is 11.3. The summed E-state index contributed by atoms with van der Waals surface area (Å²) in [6, 6.07) is 17.8. The third-order valence-electron chi connectivity index (χ3n) is 5.99. The van der Waals surface area contributed by atoms with Gasteiger partial charge in [-0.25, -0.2) is 0 Å². The number of amides is 1. The summed E-state index contributed by atoms with van der Waals surface area (Å²) in [5.74, 6) is 1.00. The Hall–Kier alpha value is -3.64. The number of rotatable bonds is 6. The Kier molecular flexibility index (Phi) is 6.07. The lowest BCUT2D eigenvalue weighted by atomic mass is 9.98. The molecular formula is C27H25ClN4O2. The summed E-state index contributed by atoms with van der Waals surface area (Å²) in [7, 11) is 0. The van der Waals surface area contributed by atoms with Gasteiger partial charge in [-0.1, -0.05) is 49.7 Å². The first kappa shape index (κ1) is 22.2. The maximum atomic E-state index is 12.8. The van der Waals surface area contributed by atoms with E-state index >= 15 is 0 Å². The Labute approximate surface area is 203 Å². The average Bonchev–Trinajstić information content (AvgIpc) is 3.24. The van der Waals surface area contributed by atoms with Gasteiger partial charge in [0, 0.05) is 35.6 Å². The van der Waals surface area contributed by atoms with E-state index < -0.39 is 0 Å². The van der Waals surface area contributed by atoms with Gasteiger partial charge in [-0.15, -0.1) is 0 Å². The predicted molar refractivity (Wildman–Crippen MR) is 133 cm³/mol. The number of nitrogens with one attached hydrogen (secondary N) is 1. The third kappa shape index (κ3) is 4.29. The van der Waals surface area contributed by atoms with Gasteiger partial charge in [0.1, 0.15) is 23.7 Å². The molecule has 172 valence electrons. The van der Waals surface area contributed by atoms with Crippen LogP contribution in [-0.4, -0.2) is 27.2 Å². The molecule has 1 N–H and O–H groups in total. The van der Waals surface area contributed by atoms with E-state index in [9.17, 15) is 4.79 Å². The Balaban J connectivity index is 1.46. The minimum absolute atomic E-state index is 0.157. The molecule has 1 amide bonds. The van der Waals surface area contributed by atoms with Gasteiger partial charge in [0.2, 0.25) is 0 Å². The van der Waals surface area contributed by atoms with Gasteiger partial charge in [-0.2, -0.15) is 5.10 Å². The van der Waals surface area contributed by atoms with E-state index in [0.717, 1.165) is 16.7 Å². The molecule has 0 fully saturated rings. The van der Waals surface area contributed by atoms with Crippen LogP contribution in [0.4, 0.5) is 0 Å². The smallest absolute Gasteiger partial charge is 0.270 e. The molecule has 0 radical (unpaired) electrons. The zero-order chi connectivity index (χ0) is 23.7. The van der Waals surface area contributed by atoms with Crippen LogP contribution in [0.25, 0.3) is 22.4 Å². The second-order valence-electron chi connectivity index (χ2n) is 8.61. The first-order chi connectivity index (χ1) is 16.5. The SMILES string of the molecule is CC(C)c1ccc(COc2ccc(-c3c(-c4ccncc4)nn4c3C(=O)NCC4)c(Cl)c2)cc1. The number of pyridine rings is 1. The monoisotopic (exact) mass is 472 g/mol. The van der Waals surface area contributed by atoms with Crippen molar-refractivity contribution >= 4 is 17.5 Å². The summed E-state index contributed by atoms with van der Waals surface area (Å²) in [4.78, 5) is 16.9. The number of ether oxygens (including phenoxy) is 1. The number of hydrogen-bond acceptors (Lipinski definition) is 4. The molecule has 0 saturated carbocycles. The molecule has 2 aromatic carbocycles. The summed E-state index contributed by atoms with van der Waals surface area (Å²) in [6.45, 7) is 5.95. The number of halogens is 1. The standard InChI is InChI=1S/C27H25ClN4O2/c1-17(2)19-5-3-18(4-6-19)16-34-21-7-8-22(23(28)15-21)24-25(20-9-11-29-12-10-20)31-32-14-13-30-27(33)26(24)32/h3-12,15,17H,13-14,16H2,1-2H3,(H,30,33). The molecule has 1 aliphatic heterocycles. The molecule has 0 aliphatic carbocycles. The molecule has 1 aliphatic rings. The normalized spacial score (nSPS) is 13.0. The van der Waals surface area contributed by atoms with Crippen LogP contribution in [0.5, 0.6) is 5.75 Å². The zero-order valence-corrected chi connectivity index (χ0v) is 19.8. The number of fused-ring (bicyclic) bond motifs is 1. The van der Waals surface area contributed by atoms with E-state index in [0.29, 0.717) is 53.3 Å². The highest BCUT2D eigenvalue weighted by Gasteiger charge is 2.29. The van der Waals surface area contributed by atoms with Crippen molar-refractivity contribution in [2.24, 2.45) is 0 Å². The van der Waals surface area contributed by atoms with Crippen molar-refractivity contribution < 1.29 is 9.53 Å². The van der Waals surface area contributed by atoms with Gasteiger partial charge >= 0.3 is 0 Å². The van der Waals surface area contributed by atoms with E-state index in [4.69, 9.17) is 21.4 Å². The predicted octanol–water partition coefficient (Wildman–Crippen LogP) is 5.71. The fourth-order valence-electron chi connectivity index (χ4n) is 4.13. The van der Waals surface area contributed by atoms with Crippen molar-refractivity contribution in [1.29, 1.82) is 0 Å². The largest absolute Gasteiger partial charge is 0.489 e. The molecule has 0 saturated heterocycles. The number of nitrogens with zero attached hydrogens (tertiary/aromatic N) is 3. The molecule has 0 bridgehead atoms. The van der Waals surface area contributed by atoms with Gasteiger partial charge in [-0.05, 0) is 47.4 Å². The highest BCUT2D eigenvalue weighted by atomic mass is 35.5. The molecule has 5 rings (SSSR count). The second-order valence-corrected chi connectivity index (χ2v) is 9.02. The van der Waals surface area contributed by atoms with Crippen molar-refractivity contribution in [2.45, 2.75) is 32.9 Å². The van der Waals surface area contributed by atoms with E-state index in [2.05, 4.69) is 48.4 Å². The van der Waals surface area contributed by atoms with Crippen LogP contribution in [0.3, 0.4) is 0 Å². The van der Waals surface area contributed by atoms with Crippen LogP contribution in [0.1, 0.15) is 41.4 Å². The number of carbonyl (C=O) groups is 1. The van der Waals surface area contributed by atoms with Gasteiger partial charge < -0.3 is 10.1 Å². The molecular weight excluding hydrogens is 448 g/mol. The quantitative estimate of drug-likeness (QED) is 0.390. The van der Waals surface area contributed by atoms with Gasteiger partial charge in [-0.3, -0.25) is 14.5 Å². The lowest BCUT2D eigenvalue weighted by Gasteiger charge is -2.16. The minimum Gasteiger partial charge on any atom is -0.489 e. The van der Waals surface area contributed by atoms with Crippen LogP contribution in [0.2, 0.25) is 5.02 Å². The Morgan fingerprint density at radius 1 is 1.09 bits per heavy atom. The summed E-state index contributed by atoms with van der Waals surface area (Å²) in [5, 5.41) is 8.16. The first-order valence-corrected chi connectivity index (χ1v) is 11.7. The van der Waals surface area contributed by atoms with E-state index in [1.807, 2.05) is 24.3 Å². The van der Waals surface area contributed by atoms with Crippen LogP contribution >= 0.6 is 11.6 Å². The van der Waals surface area contributed by atoms with Crippen molar-refractivity contribution in [3.05, 3.63) is 88.8 Å². The molecule has 0 atom stereocenters. The second kappa shape index (κ2) is 9.31. The molecule has 34 heavy (non-hydrogen) atoms. The summed E-state index contributed by atoms with van der Waals surface area (Å²) in [5.41, 5.74) is 5.93. The Bertz CT molecular complexity index is 1330. The van der Waals surface area contributed by atoms with Crippen LogP contribution in [0, 0.1) is 0 Å². The van der Waals surface area contributed by atoms with E-state index in [1.165, 1.54) is 5.56 Å². The van der Waals surface area contributed by atoms with Crippen LogP contribution < -0.4 is 10.1 Å². The topological polar surface area (TPSA) is 69.0 Å². The number of benzene rings is 2. The third-order valence-corrected chi connectivity index (χ3v) is 6.30. The maximum Gasteiger partial charge on any atom is 0.270 e. The molecule has 2 aromatic heterocycles. The highest BCUT2D eigenvalue weighted by molar-refractivity contribution is 6.34. The molecule has 3 heterocycles. The van der Waals surface area contributed by atoms with Gasteiger partial charge in [0.05, 0.1) is 11.6 Å². The summed E-state index contributed by atoms with van der Waals surface area (Å²) < 4.78 is 7.76. The van der Waals surface area contributed by atoms with E-state index in [-0.39, 0.29) is 5.91 Å². The van der Waals surface area contributed by atoms with E-state index in [1.54, 1.807) is 23.1 Å². The van der Waals surface area contributed by atoms with Crippen molar-refractivity contribution in [3.8, 4) is 28.1 Å². The Morgan fingerprint density at radius 2 is 1.85 bits per heavy atom. The van der Waals surface area contributed by atoms with Crippen LogP contribution in [-0.2, 0) is 13.2 Å². The lowest BCUT2D eigenvalue weighted by molar-refractivity contribution is 0.0925. The van der Waals surface area contributed by atoms with Crippen molar-refractivity contribution in [2.75, 3.05) is 6.54 Å². The highest BCUT2D eigenvalue weighted by Crippen LogP contribution is 2.40. The molecule has 6 nitrogen and oxygen atoms in total.